The highest BCUT2D eigenvalue weighted by molar-refractivity contribution is 5.82. The van der Waals surface area contributed by atoms with Gasteiger partial charge in [0.05, 0.1) is 7.11 Å². The molecular formula is C7H12N2O3. The van der Waals surface area contributed by atoms with Crippen LogP contribution in [0.1, 0.15) is 12.8 Å². The van der Waals surface area contributed by atoms with E-state index < -0.39 is 6.09 Å². The van der Waals surface area contributed by atoms with Crippen molar-refractivity contribution in [3.63, 3.8) is 0 Å². The first-order chi connectivity index (χ1) is 5.72. The van der Waals surface area contributed by atoms with E-state index in [0.717, 1.165) is 12.8 Å². The van der Waals surface area contributed by atoms with Crippen molar-refractivity contribution >= 4 is 12.0 Å². The monoisotopic (exact) mass is 172 g/mol. The number of nitrogens with one attached hydrogen (secondary N) is 2. The lowest BCUT2D eigenvalue weighted by molar-refractivity contribution is -0.120. The Morgan fingerprint density at radius 3 is 2.67 bits per heavy atom. The molecule has 1 aliphatic carbocycles. The summed E-state index contributed by atoms with van der Waals surface area (Å²) in [6.45, 7) is -0.0107. The number of amides is 2. The number of methoxy groups -OCH3 is 1. The fraction of sp³-hybridized carbons (Fsp3) is 0.714. The molecule has 2 amide bonds. The first-order valence-electron chi connectivity index (χ1n) is 3.83. The van der Waals surface area contributed by atoms with Crippen molar-refractivity contribution in [2.24, 2.45) is 0 Å². The van der Waals surface area contributed by atoms with E-state index in [9.17, 15) is 9.59 Å². The summed E-state index contributed by atoms with van der Waals surface area (Å²) in [7, 11) is 1.26. The summed E-state index contributed by atoms with van der Waals surface area (Å²) in [5.41, 5.74) is 0. The third-order valence-electron chi connectivity index (χ3n) is 1.52. The van der Waals surface area contributed by atoms with E-state index in [2.05, 4.69) is 15.4 Å². The van der Waals surface area contributed by atoms with E-state index in [4.69, 9.17) is 0 Å². The van der Waals surface area contributed by atoms with E-state index in [0.29, 0.717) is 6.04 Å². The molecular weight excluding hydrogens is 160 g/mol. The molecule has 0 aliphatic heterocycles. The van der Waals surface area contributed by atoms with Crippen molar-refractivity contribution in [3.8, 4) is 0 Å². The number of carbonyl (C=O) groups excluding carboxylic acids is 2. The first kappa shape index (κ1) is 8.83. The van der Waals surface area contributed by atoms with Crippen LogP contribution in [0.15, 0.2) is 0 Å². The van der Waals surface area contributed by atoms with Gasteiger partial charge in [0.25, 0.3) is 0 Å². The number of carbonyl (C=O) groups is 2. The lowest BCUT2D eigenvalue weighted by Gasteiger charge is -2.03. The summed E-state index contributed by atoms with van der Waals surface area (Å²) in [6.07, 6.45) is 1.51. The van der Waals surface area contributed by atoms with Gasteiger partial charge in [-0.05, 0) is 12.8 Å². The molecule has 0 heterocycles. The van der Waals surface area contributed by atoms with Crippen molar-refractivity contribution in [2.75, 3.05) is 13.7 Å². The molecule has 0 unspecified atom stereocenters. The van der Waals surface area contributed by atoms with E-state index in [1.807, 2.05) is 0 Å². The van der Waals surface area contributed by atoms with E-state index >= 15 is 0 Å². The average Bonchev–Trinajstić information content (AvgIpc) is 2.84. The SMILES string of the molecule is COC(=O)NCC(=O)NC1CC1. The molecule has 1 fully saturated rings. The highest BCUT2D eigenvalue weighted by atomic mass is 16.5. The van der Waals surface area contributed by atoms with Gasteiger partial charge in [-0.25, -0.2) is 4.79 Å². The topological polar surface area (TPSA) is 67.4 Å². The fourth-order valence-corrected chi connectivity index (χ4v) is 0.731. The van der Waals surface area contributed by atoms with Gasteiger partial charge in [-0.2, -0.15) is 0 Å². The second-order valence-electron chi connectivity index (χ2n) is 2.69. The molecule has 1 rings (SSSR count). The molecule has 1 aliphatic rings. The highest BCUT2D eigenvalue weighted by Gasteiger charge is 2.23. The number of hydrogen-bond donors (Lipinski definition) is 2. The summed E-state index contributed by atoms with van der Waals surface area (Å²) in [6, 6.07) is 0.331. The highest BCUT2D eigenvalue weighted by Crippen LogP contribution is 2.17. The van der Waals surface area contributed by atoms with Gasteiger partial charge in [0, 0.05) is 6.04 Å². The minimum atomic E-state index is -0.582. The molecule has 0 saturated heterocycles. The van der Waals surface area contributed by atoms with Crippen LogP contribution in [0.2, 0.25) is 0 Å². The van der Waals surface area contributed by atoms with Crippen LogP contribution in [0.5, 0.6) is 0 Å². The Balaban J connectivity index is 2.04. The zero-order chi connectivity index (χ0) is 8.97. The van der Waals surface area contributed by atoms with Crippen LogP contribution >= 0.6 is 0 Å². The smallest absolute Gasteiger partial charge is 0.407 e. The van der Waals surface area contributed by atoms with Gasteiger partial charge in [0.15, 0.2) is 0 Å². The summed E-state index contributed by atoms with van der Waals surface area (Å²) >= 11 is 0. The molecule has 12 heavy (non-hydrogen) atoms. The van der Waals surface area contributed by atoms with Gasteiger partial charge in [0.1, 0.15) is 6.54 Å². The van der Waals surface area contributed by atoms with Gasteiger partial charge >= 0.3 is 6.09 Å². The summed E-state index contributed by atoms with van der Waals surface area (Å²) < 4.78 is 4.29. The van der Waals surface area contributed by atoms with E-state index in [1.54, 1.807) is 0 Å². The molecule has 0 aromatic rings. The van der Waals surface area contributed by atoms with Gasteiger partial charge < -0.3 is 15.4 Å². The zero-order valence-electron chi connectivity index (χ0n) is 6.92. The molecule has 1 saturated carbocycles. The maximum absolute atomic E-state index is 10.9. The van der Waals surface area contributed by atoms with Crippen molar-refractivity contribution < 1.29 is 14.3 Å². The summed E-state index contributed by atoms with van der Waals surface area (Å²) in [5.74, 6) is -0.164. The Bertz CT molecular complexity index is 189. The largest absolute Gasteiger partial charge is 0.453 e. The standard InChI is InChI=1S/C7H12N2O3/c1-12-7(11)8-4-6(10)9-5-2-3-5/h5H,2-4H2,1H3,(H,8,11)(H,9,10). The number of ether oxygens (including phenoxy) is 1. The maximum atomic E-state index is 10.9. The Morgan fingerprint density at radius 2 is 2.17 bits per heavy atom. The van der Waals surface area contributed by atoms with Gasteiger partial charge in [0.2, 0.25) is 5.91 Å². The van der Waals surface area contributed by atoms with Gasteiger partial charge in [-0.15, -0.1) is 0 Å². The quantitative estimate of drug-likeness (QED) is 0.609. The molecule has 0 aromatic carbocycles. The van der Waals surface area contributed by atoms with E-state index in [-0.39, 0.29) is 12.5 Å². The van der Waals surface area contributed by atoms with Crippen molar-refractivity contribution in [2.45, 2.75) is 18.9 Å². The van der Waals surface area contributed by atoms with Crippen LogP contribution < -0.4 is 10.6 Å². The Morgan fingerprint density at radius 1 is 1.50 bits per heavy atom. The van der Waals surface area contributed by atoms with Crippen LogP contribution in [0.4, 0.5) is 4.79 Å². The van der Waals surface area contributed by atoms with Crippen LogP contribution in [0.3, 0.4) is 0 Å². The van der Waals surface area contributed by atoms with Crippen LogP contribution in [0, 0.1) is 0 Å². The second-order valence-corrected chi connectivity index (χ2v) is 2.69. The van der Waals surface area contributed by atoms with E-state index in [1.165, 1.54) is 7.11 Å². The predicted octanol–water partition coefficient (Wildman–Crippen LogP) is -0.379. The van der Waals surface area contributed by atoms with Crippen molar-refractivity contribution in [1.29, 1.82) is 0 Å². The zero-order valence-corrected chi connectivity index (χ0v) is 6.92. The predicted molar refractivity (Wildman–Crippen MR) is 41.6 cm³/mol. The summed E-state index contributed by atoms with van der Waals surface area (Å²) in [4.78, 5) is 21.4. The lowest BCUT2D eigenvalue weighted by Crippen LogP contribution is -2.37. The normalized spacial score (nSPS) is 15.1. The number of hydrogen-bond acceptors (Lipinski definition) is 3. The molecule has 5 heteroatoms. The molecule has 68 valence electrons. The van der Waals surface area contributed by atoms with Crippen molar-refractivity contribution in [1.82, 2.24) is 10.6 Å². The number of alkyl carbamates (subject to hydrolysis) is 1. The second kappa shape index (κ2) is 3.94. The molecule has 0 spiro atoms. The number of rotatable bonds is 3. The third-order valence-corrected chi connectivity index (χ3v) is 1.52. The lowest BCUT2D eigenvalue weighted by atomic mass is 10.5. The van der Waals surface area contributed by atoms with Gasteiger partial charge in [-0.3, -0.25) is 4.79 Å². The minimum absolute atomic E-state index is 0.0107. The molecule has 2 N–H and O–H groups in total. The summed E-state index contributed by atoms with van der Waals surface area (Å²) in [5, 5.41) is 5.02. The Kier molecular flexibility index (Phi) is 2.90. The fourth-order valence-electron chi connectivity index (χ4n) is 0.731. The molecule has 0 aromatic heterocycles. The maximum Gasteiger partial charge on any atom is 0.407 e. The average molecular weight is 172 g/mol. The minimum Gasteiger partial charge on any atom is -0.453 e. The van der Waals surface area contributed by atoms with Crippen LogP contribution in [0.25, 0.3) is 0 Å². The van der Waals surface area contributed by atoms with Gasteiger partial charge in [-0.1, -0.05) is 0 Å². The molecule has 0 radical (unpaired) electrons. The Labute approximate surface area is 70.5 Å². The van der Waals surface area contributed by atoms with Crippen molar-refractivity contribution in [3.05, 3.63) is 0 Å². The molecule has 0 atom stereocenters. The first-order valence-corrected chi connectivity index (χ1v) is 3.83. The molecule has 0 bridgehead atoms. The third kappa shape index (κ3) is 3.23. The Hall–Kier alpha value is -1.26. The molecule has 5 nitrogen and oxygen atoms in total. The van der Waals surface area contributed by atoms with Crippen LogP contribution in [-0.2, 0) is 9.53 Å². The van der Waals surface area contributed by atoms with Crippen LogP contribution in [-0.4, -0.2) is 31.7 Å².